The summed E-state index contributed by atoms with van der Waals surface area (Å²) in [6, 6.07) is 10.2. The molecule has 0 atom stereocenters. The molecule has 7 heteroatoms. The van der Waals surface area contributed by atoms with E-state index in [9.17, 15) is 4.79 Å². The van der Waals surface area contributed by atoms with E-state index < -0.39 is 0 Å². The van der Waals surface area contributed by atoms with Crippen LogP contribution in [0.1, 0.15) is 78.6 Å². The average Bonchev–Trinajstić information content (AvgIpc) is 3.34. The molecule has 3 heterocycles. The van der Waals surface area contributed by atoms with Crippen molar-refractivity contribution in [2.75, 3.05) is 13.1 Å². The quantitative estimate of drug-likeness (QED) is 0.629. The molecule has 1 amide bonds. The zero-order valence-electron chi connectivity index (χ0n) is 19.1. The van der Waals surface area contributed by atoms with E-state index in [-0.39, 0.29) is 17.2 Å². The fraction of sp³-hybridized carbons (Fsp3) is 0.500. The number of piperidine rings is 1. The molecule has 0 radical (unpaired) electrons. The molecule has 2 aromatic heterocycles. The molecule has 0 spiro atoms. The summed E-state index contributed by atoms with van der Waals surface area (Å²) in [7, 11) is 0. The third kappa shape index (κ3) is 4.40. The van der Waals surface area contributed by atoms with Gasteiger partial charge in [-0.3, -0.25) is 9.48 Å². The maximum absolute atomic E-state index is 13.3. The van der Waals surface area contributed by atoms with Gasteiger partial charge in [0.05, 0.1) is 17.8 Å². The van der Waals surface area contributed by atoms with Crippen LogP contribution >= 0.6 is 0 Å². The Morgan fingerprint density at radius 1 is 1.10 bits per heavy atom. The molecule has 0 bridgehead atoms. The van der Waals surface area contributed by atoms with Crippen molar-refractivity contribution in [3.8, 4) is 0 Å². The van der Waals surface area contributed by atoms with Crippen LogP contribution in [0.15, 0.2) is 34.7 Å². The molecule has 1 aromatic carbocycles. The Morgan fingerprint density at radius 3 is 2.39 bits per heavy atom. The van der Waals surface area contributed by atoms with Gasteiger partial charge in [-0.2, -0.15) is 5.10 Å². The standard InChI is InChI=1S/C24H31N5O2/c1-16-20(17(2)29(27-16)15-18-9-7-6-8-10-18)22(30)28-13-11-19(12-14-28)21-25-26-23(31-21)24(3,4)5/h6-10,19H,11-15H2,1-5H3. The van der Waals surface area contributed by atoms with Gasteiger partial charge in [-0.25, -0.2) is 0 Å². The molecule has 1 aliphatic heterocycles. The molecule has 1 saturated heterocycles. The van der Waals surface area contributed by atoms with Gasteiger partial charge in [-0.1, -0.05) is 51.1 Å². The molecule has 0 N–H and O–H groups in total. The van der Waals surface area contributed by atoms with E-state index in [1.165, 1.54) is 5.56 Å². The minimum Gasteiger partial charge on any atom is -0.424 e. The highest BCUT2D eigenvalue weighted by atomic mass is 16.4. The summed E-state index contributed by atoms with van der Waals surface area (Å²) in [4.78, 5) is 15.2. The first kappa shape index (κ1) is 21.3. The van der Waals surface area contributed by atoms with Crippen LogP contribution in [-0.4, -0.2) is 43.9 Å². The van der Waals surface area contributed by atoms with Crippen LogP contribution in [-0.2, 0) is 12.0 Å². The first-order chi connectivity index (χ1) is 14.7. The summed E-state index contributed by atoms with van der Waals surface area (Å²) in [6.07, 6.45) is 1.65. The third-order valence-corrected chi connectivity index (χ3v) is 5.98. The molecule has 0 unspecified atom stereocenters. The van der Waals surface area contributed by atoms with Gasteiger partial charge in [0.2, 0.25) is 11.8 Å². The lowest BCUT2D eigenvalue weighted by Gasteiger charge is -2.30. The van der Waals surface area contributed by atoms with Gasteiger partial charge in [0, 0.05) is 30.1 Å². The molecule has 4 rings (SSSR count). The Kier molecular flexibility index (Phi) is 5.69. The number of aryl methyl sites for hydroxylation is 1. The summed E-state index contributed by atoms with van der Waals surface area (Å²) in [6.45, 7) is 12.1. The number of carbonyl (C=O) groups is 1. The highest BCUT2D eigenvalue weighted by molar-refractivity contribution is 5.96. The van der Waals surface area contributed by atoms with Crippen molar-refractivity contribution in [2.24, 2.45) is 0 Å². The van der Waals surface area contributed by atoms with Crippen molar-refractivity contribution in [1.82, 2.24) is 24.9 Å². The number of benzene rings is 1. The second kappa shape index (κ2) is 8.29. The van der Waals surface area contributed by atoms with Crippen LogP contribution < -0.4 is 0 Å². The lowest BCUT2D eigenvalue weighted by Crippen LogP contribution is -2.38. The number of carbonyl (C=O) groups excluding carboxylic acids is 1. The highest BCUT2D eigenvalue weighted by Crippen LogP contribution is 2.31. The number of rotatable bonds is 4. The number of nitrogens with zero attached hydrogens (tertiary/aromatic N) is 5. The summed E-state index contributed by atoms with van der Waals surface area (Å²) < 4.78 is 7.85. The van der Waals surface area contributed by atoms with Crippen molar-refractivity contribution in [1.29, 1.82) is 0 Å². The maximum Gasteiger partial charge on any atom is 0.257 e. The monoisotopic (exact) mass is 421 g/mol. The normalized spacial score (nSPS) is 15.5. The second-order valence-corrected chi connectivity index (χ2v) is 9.45. The van der Waals surface area contributed by atoms with Gasteiger partial charge in [-0.05, 0) is 32.3 Å². The molecule has 1 aliphatic rings. The van der Waals surface area contributed by atoms with E-state index in [1.54, 1.807) is 0 Å². The van der Waals surface area contributed by atoms with Crippen LogP contribution in [0.5, 0.6) is 0 Å². The average molecular weight is 422 g/mol. The molecule has 3 aromatic rings. The van der Waals surface area contributed by atoms with Gasteiger partial charge in [0.25, 0.3) is 5.91 Å². The summed E-state index contributed by atoms with van der Waals surface area (Å²) in [5.41, 5.74) is 3.44. The van der Waals surface area contributed by atoms with E-state index in [1.807, 2.05) is 41.6 Å². The number of aromatic nitrogens is 4. The van der Waals surface area contributed by atoms with Crippen molar-refractivity contribution in [3.05, 3.63) is 64.6 Å². The van der Waals surface area contributed by atoms with Gasteiger partial charge in [0.15, 0.2) is 0 Å². The van der Waals surface area contributed by atoms with Gasteiger partial charge >= 0.3 is 0 Å². The number of hydrogen-bond acceptors (Lipinski definition) is 5. The van der Waals surface area contributed by atoms with Crippen LogP contribution in [0.25, 0.3) is 0 Å². The van der Waals surface area contributed by atoms with Gasteiger partial charge < -0.3 is 9.32 Å². The fourth-order valence-corrected chi connectivity index (χ4v) is 4.11. The molecule has 0 aliphatic carbocycles. The van der Waals surface area contributed by atoms with E-state index in [0.717, 1.165) is 29.8 Å². The first-order valence-electron chi connectivity index (χ1n) is 10.9. The fourth-order valence-electron chi connectivity index (χ4n) is 4.11. The summed E-state index contributed by atoms with van der Waals surface area (Å²) in [5.74, 6) is 1.63. The van der Waals surface area contributed by atoms with Crippen molar-refractivity contribution in [2.45, 2.75) is 65.3 Å². The molecule has 7 nitrogen and oxygen atoms in total. The molecule has 164 valence electrons. The van der Waals surface area contributed by atoms with E-state index in [2.05, 4.69) is 48.2 Å². The zero-order chi connectivity index (χ0) is 22.2. The highest BCUT2D eigenvalue weighted by Gasteiger charge is 2.31. The summed E-state index contributed by atoms with van der Waals surface area (Å²) >= 11 is 0. The lowest BCUT2D eigenvalue weighted by atomic mass is 9.95. The predicted molar refractivity (Wildman–Crippen MR) is 118 cm³/mol. The second-order valence-electron chi connectivity index (χ2n) is 9.45. The number of amides is 1. The Balaban J connectivity index is 1.44. The largest absolute Gasteiger partial charge is 0.424 e. The predicted octanol–water partition coefficient (Wildman–Crippen LogP) is 4.25. The van der Waals surface area contributed by atoms with E-state index in [0.29, 0.717) is 31.4 Å². The molecule has 0 saturated carbocycles. The molecule has 1 fully saturated rings. The SMILES string of the molecule is Cc1nn(Cc2ccccc2)c(C)c1C(=O)N1CCC(c2nnc(C(C)(C)C)o2)CC1. The van der Waals surface area contributed by atoms with Crippen molar-refractivity contribution >= 4 is 5.91 Å². The van der Waals surface area contributed by atoms with Gasteiger partial charge in [-0.15, -0.1) is 10.2 Å². The number of hydrogen-bond donors (Lipinski definition) is 0. The Bertz CT molecular complexity index is 1050. The molecular formula is C24H31N5O2. The third-order valence-electron chi connectivity index (χ3n) is 5.98. The lowest BCUT2D eigenvalue weighted by molar-refractivity contribution is 0.0704. The summed E-state index contributed by atoms with van der Waals surface area (Å²) in [5, 5.41) is 13.1. The van der Waals surface area contributed by atoms with E-state index in [4.69, 9.17) is 4.42 Å². The zero-order valence-corrected chi connectivity index (χ0v) is 19.1. The minimum absolute atomic E-state index is 0.0636. The maximum atomic E-state index is 13.3. The molecule has 31 heavy (non-hydrogen) atoms. The van der Waals surface area contributed by atoms with Crippen LogP contribution in [0.3, 0.4) is 0 Å². The Labute approximate surface area is 183 Å². The van der Waals surface area contributed by atoms with Gasteiger partial charge in [0.1, 0.15) is 0 Å². The van der Waals surface area contributed by atoms with E-state index >= 15 is 0 Å². The topological polar surface area (TPSA) is 77.1 Å². The Morgan fingerprint density at radius 2 is 1.77 bits per heavy atom. The van der Waals surface area contributed by atoms with Crippen LogP contribution in [0.4, 0.5) is 0 Å². The van der Waals surface area contributed by atoms with Crippen molar-refractivity contribution < 1.29 is 9.21 Å². The first-order valence-corrected chi connectivity index (χ1v) is 10.9. The molecular weight excluding hydrogens is 390 g/mol. The Hall–Kier alpha value is -2.96. The minimum atomic E-state index is -0.156. The van der Waals surface area contributed by atoms with Crippen LogP contribution in [0, 0.1) is 13.8 Å². The van der Waals surface area contributed by atoms with Crippen LogP contribution in [0.2, 0.25) is 0 Å². The smallest absolute Gasteiger partial charge is 0.257 e. The number of likely N-dealkylation sites (tertiary alicyclic amines) is 1. The van der Waals surface area contributed by atoms with Crippen molar-refractivity contribution in [3.63, 3.8) is 0 Å².